The molecule has 0 unspecified atom stereocenters. The van der Waals surface area contributed by atoms with Gasteiger partial charge in [0.1, 0.15) is 11.6 Å². The fourth-order valence-corrected chi connectivity index (χ4v) is 3.42. The van der Waals surface area contributed by atoms with Gasteiger partial charge in [0.2, 0.25) is 11.8 Å². The number of methoxy groups -OCH3 is 1. The summed E-state index contributed by atoms with van der Waals surface area (Å²) in [6.45, 7) is 2.18. The SMILES string of the molecule is COc1ccccc1Oc1c(CCC(=O)NCc2ccco2)c(C)nn1-c1ccc(F)cc1. The first-order valence-corrected chi connectivity index (χ1v) is 10.5. The van der Waals surface area contributed by atoms with E-state index in [1.54, 1.807) is 54.5 Å². The molecule has 0 radical (unpaired) electrons. The number of aromatic nitrogens is 2. The Labute approximate surface area is 190 Å². The van der Waals surface area contributed by atoms with Crippen LogP contribution in [0.2, 0.25) is 0 Å². The van der Waals surface area contributed by atoms with Crippen molar-refractivity contribution in [2.75, 3.05) is 7.11 Å². The molecular formula is C25H24FN3O4. The number of furan rings is 1. The second-order valence-electron chi connectivity index (χ2n) is 7.37. The highest BCUT2D eigenvalue weighted by Crippen LogP contribution is 2.36. The van der Waals surface area contributed by atoms with Crippen LogP contribution in [0.4, 0.5) is 4.39 Å². The molecule has 4 rings (SSSR count). The van der Waals surface area contributed by atoms with Crippen LogP contribution < -0.4 is 14.8 Å². The maximum Gasteiger partial charge on any atom is 0.226 e. The van der Waals surface area contributed by atoms with Gasteiger partial charge in [-0.1, -0.05) is 12.1 Å². The molecule has 1 amide bonds. The summed E-state index contributed by atoms with van der Waals surface area (Å²) >= 11 is 0. The van der Waals surface area contributed by atoms with Crippen LogP contribution in [0.25, 0.3) is 5.69 Å². The Kier molecular flexibility index (Phi) is 6.73. The molecule has 0 aliphatic rings. The number of carbonyl (C=O) groups is 1. The maximum absolute atomic E-state index is 13.5. The lowest BCUT2D eigenvalue weighted by atomic mass is 10.1. The Bertz CT molecular complexity index is 1220. The van der Waals surface area contributed by atoms with E-state index < -0.39 is 0 Å². The van der Waals surface area contributed by atoms with Crippen LogP contribution in [-0.4, -0.2) is 22.8 Å². The zero-order chi connectivity index (χ0) is 23.2. The van der Waals surface area contributed by atoms with Gasteiger partial charge in [0, 0.05) is 12.0 Å². The molecular weight excluding hydrogens is 425 g/mol. The summed E-state index contributed by atoms with van der Waals surface area (Å²) in [6.07, 6.45) is 2.20. The van der Waals surface area contributed by atoms with Crippen molar-refractivity contribution in [3.8, 4) is 23.1 Å². The number of halogens is 1. The first-order chi connectivity index (χ1) is 16.0. The van der Waals surface area contributed by atoms with E-state index in [9.17, 15) is 9.18 Å². The zero-order valence-corrected chi connectivity index (χ0v) is 18.4. The summed E-state index contributed by atoms with van der Waals surface area (Å²) in [5.74, 6) is 1.73. The summed E-state index contributed by atoms with van der Waals surface area (Å²) in [5.41, 5.74) is 2.12. The van der Waals surface area contributed by atoms with Gasteiger partial charge in [-0.2, -0.15) is 5.10 Å². The average Bonchev–Trinajstić information content (AvgIpc) is 3.45. The molecule has 2 heterocycles. The number of aryl methyl sites for hydroxylation is 1. The summed E-state index contributed by atoms with van der Waals surface area (Å²) in [5, 5.41) is 7.45. The molecule has 2 aromatic carbocycles. The van der Waals surface area contributed by atoms with Crippen LogP contribution in [0.15, 0.2) is 71.3 Å². The van der Waals surface area contributed by atoms with Crippen LogP contribution in [0.1, 0.15) is 23.4 Å². The number of nitrogens with zero attached hydrogens (tertiary/aromatic N) is 2. The number of para-hydroxylation sites is 2. The Balaban J connectivity index is 1.61. The fraction of sp³-hybridized carbons (Fsp3) is 0.200. The third-order valence-corrected chi connectivity index (χ3v) is 5.13. The highest BCUT2D eigenvalue weighted by Gasteiger charge is 2.21. The van der Waals surface area contributed by atoms with Crippen molar-refractivity contribution in [1.82, 2.24) is 15.1 Å². The van der Waals surface area contributed by atoms with Gasteiger partial charge in [-0.05, 0) is 61.9 Å². The molecule has 0 saturated heterocycles. The lowest BCUT2D eigenvalue weighted by Crippen LogP contribution is -2.22. The van der Waals surface area contributed by atoms with E-state index in [0.717, 1.165) is 5.56 Å². The Morgan fingerprint density at radius 1 is 1.09 bits per heavy atom. The fourth-order valence-electron chi connectivity index (χ4n) is 3.42. The third-order valence-electron chi connectivity index (χ3n) is 5.13. The molecule has 4 aromatic rings. The lowest BCUT2D eigenvalue weighted by Gasteiger charge is -2.14. The average molecular weight is 449 g/mol. The summed E-state index contributed by atoms with van der Waals surface area (Å²) < 4.78 is 32.0. The van der Waals surface area contributed by atoms with Crippen LogP contribution in [0, 0.1) is 12.7 Å². The van der Waals surface area contributed by atoms with E-state index in [0.29, 0.717) is 47.5 Å². The number of nitrogens with one attached hydrogen (secondary N) is 1. The van der Waals surface area contributed by atoms with E-state index >= 15 is 0 Å². The van der Waals surface area contributed by atoms with Gasteiger partial charge in [-0.25, -0.2) is 9.07 Å². The molecule has 0 aliphatic heterocycles. The van der Waals surface area contributed by atoms with Gasteiger partial charge < -0.3 is 19.2 Å². The van der Waals surface area contributed by atoms with E-state index in [2.05, 4.69) is 10.4 Å². The number of amides is 1. The van der Waals surface area contributed by atoms with Crippen molar-refractivity contribution in [2.24, 2.45) is 0 Å². The standard InChI is InChI=1S/C25H24FN3O4/c1-17-21(13-14-24(30)27-16-20-6-5-15-32-20)25(33-23-8-4-3-7-22(23)31-2)29(28-17)19-11-9-18(26)10-12-19/h3-12,15H,13-14,16H2,1-2H3,(H,27,30). The van der Waals surface area contributed by atoms with Crippen molar-refractivity contribution in [1.29, 1.82) is 0 Å². The van der Waals surface area contributed by atoms with Crippen molar-refractivity contribution >= 4 is 5.91 Å². The summed E-state index contributed by atoms with van der Waals surface area (Å²) in [4.78, 5) is 12.4. The normalized spacial score (nSPS) is 10.8. The first-order valence-electron chi connectivity index (χ1n) is 10.5. The molecule has 8 heteroatoms. The maximum atomic E-state index is 13.5. The minimum Gasteiger partial charge on any atom is -0.493 e. The van der Waals surface area contributed by atoms with Crippen molar-refractivity contribution < 1.29 is 23.1 Å². The number of hydrogen-bond acceptors (Lipinski definition) is 5. The van der Waals surface area contributed by atoms with Gasteiger partial charge >= 0.3 is 0 Å². The molecule has 0 fully saturated rings. The van der Waals surface area contributed by atoms with E-state index in [1.165, 1.54) is 12.1 Å². The second-order valence-corrected chi connectivity index (χ2v) is 7.37. The molecule has 2 aromatic heterocycles. The number of hydrogen-bond donors (Lipinski definition) is 1. The number of benzene rings is 2. The summed E-state index contributed by atoms with van der Waals surface area (Å²) in [6, 6.07) is 16.8. The predicted octanol–water partition coefficient (Wildman–Crippen LogP) is 4.96. The molecule has 7 nitrogen and oxygen atoms in total. The quantitative estimate of drug-likeness (QED) is 0.391. The largest absolute Gasteiger partial charge is 0.493 e. The van der Waals surface area contributed by atoms with Gasteiger partial charge in [0.25, 0.3) is 0 Å². The van der Waals surface area contributed by atoms with Crippen molar-refractivity contribution in [3.63, 3.8) is 0 Å². The molecule has 0 atom stereocenters. The monoisotopic (exact) mass is 449 g/mol. The minimum atomic E-state index is -0.344. The van der Waals surface area contributed by atoms with Crippen LogP contribution in [0.3, 0.4) is 0 Å². The molecule has 170 valence electrons. The number of carbonyl (C=O) groups excluding carboxylic acids is 1. The van der Waals surface area contributed by atoms with Crippen LogP contribution in [-0.2, 0) is 17.8 Å². The van der Waals surface area contributed by atoms with E-state index in [4.69, 9.17) is 13.9 Å². The Morgan fingerprint density at radius 3 is 2.55 bits per heavy atom. The molecule has 0 bridgehead atoms. The minimum absolute atomic E-state index is 0.122. The predicted molar refractivity (Wildman–Crippen MR) is 120 cm³/mol. The Hall–Kier alpha value is -4.07. The highest BCUT2D eigenvalue weighted by molar-refractivity contribution is 5.76. The van der Waals surface area contributed by atoms with Crippen molar-refractivity contribution in [2.45, 2.75) is 26.3 Å². The number of rotatable bonds is 9. The first kappa shape index (κ1) is 22.1. The van der Waals surface area contributed by atoms with Gasteiger partial charge in [0.05, 0.1) is 31.3 Å². The molecule has 33 heavy (non-hydrogen) atoms. The second kappa shape index (κ2) is 10.0. The topological polar surface area (TPSA) is 78.5 Å². The van der Waals surface area contributed by atoms with E-state index in [1.807, 2.05) is 19.1 Å². The number of ether oxygens (including phenoxy) is 2. The molecule has 0 aliphatic carbocycles. The Morgan fingerprint density at radius 2 is 1.85 bits per heavy atom. The highest BCUT2D eigenvalue weighted by atomic mass is 19.1. The van der Waals surface area contributed by atoms with Gasteiger partial charge in [-0.15, -0.1) is 0 Å². The van der Waals surface area contributed by atoms with Crippen molar-refractivity contribution in [3.05, 3.63) is 89.8 Å². The molecule has 0 spiro atoms. The molecule has 1 N–H and O–H groups in total. The van der Waals surface area contributed by atoms with Gasteiger partial charge in [0.15, 0.2) is 11.5 Å². The summed E-state index contributed by atoms with van der Waals surface area (Å²) in [7, 11) is 1.56. The smallest absolute Gasteiger partial charge is 0.226 e. The third kappa shape index (κ3) is 5.23. The zero-order valence-electron chi connectivity index (χ0n) is 18.4. The lowest BCUT2D eigenvalue weighted by molar-refractivity contribution is -0.121. The van der Waals surface area contributed by atoms with Gasteiger partial charge in [-0.3, -0.25) is 4.79 Å². The van der Waals surface area contributed by atoms with Crippen LogP contribution >= 0.6 is 0 Å². The molecule has 0 saturated carbocycles. The van der Waals surface area contributed by atoms with E-state index in [-0.39, 0.29) is 18.1 Å². The van der Waals surface area contributed by atoms with Crippen LogP contribution in [0.5, 0.6) is 17.4 Å².